The molecule has 0 radical (unpaired) electrons. The van der Waals surface area contributed by atoms with Crippen LogP contribution >= 0.6 is 0 Å². The van der Waals surface area contributed by atoms with Crippen molar-refractivity contribution in [3.8, 4) is 11.3 Å². The fourth-order valence-corrected chi connectivity index (χ4v) is 5.61. The van der Waals surface area contributed by atoms with E-state index < -0.39 is 17.6 Å². The molecule has 6 nitrogen and oxygen atoms in total. The lowest BCUT2D eigenvalue weighted by Crippen LogP contribution is -2.42. The van der Waals surface area contributed by atoms with Gasteiger partial charge in [0.15, 0.2) is 0 Å². The standard InChI is InChI=1S/C23H30F3N5O/c1-12(2)31-20(7-19(29-31)14-4-18(23(24,25)26)22(27)28-8-14)21-16-5-15(6-17(16)21)30(3)9-13-10-32-11-13/h4,7-8,12-13,15-17,21H,5-6,9-11H2,1-3H3,(H2,27,28)/t15-,16-,17+,21+. The molecule has 3 fully saturated rings. The normalized spacial score (nSPS) is 27.8. The zero-order valence-corrected chi connectivity index (χ0v) is 18.6. The van der Waals surface area contributed by atoms with E-state index >= 15 is 0 Å². The second-order valence-electron chi connectivity index (χ2n) is 9.97. The fraction of sp³-hybridized carbons (Fsp3) is 0.652. The molecule has 3 heterocycles. The number of ether oxygens (including phenoxy) is 1. The minimum atomic E-state index is -4.54. The SMILES string of the molecule is CC(C)n1nc(-c2cnc(N)c(C(F)(F)F)c2)cc1[C@H]1[C@@H]2C[C@@H](N(C)CC3COC3)C[C@@H]21. The van der Waals surface area contributed by atoms with Crippen LogP contribution in [0.25, 0.3) is 11.3 Å². The van der Waals surface area contributed by atoms with E-state index in [-0.39, 0.29) is 6.04 Å². The summed E-state index contributed by atoms with van der Waals surface area (Å²) in [4.78, 5) is 6.27. The van der Waals surface area contributed by atoms with Crippen molar-refractivity contribution in [2.45, 2.75) is 50.9 Å². The molecule has 2 N–H and O–H groups in total. The highest BCUT2D eigenvalue weighted by atomic mass is 19.4. The number of nitrogen functional groups attached to an aromatic ring is 1. The first-order valence-corrected chi connectivity index (χ1v) is 11.3. The molecule has 4 atom stereocenters. The Morgan fingerprint density at radius 2 is 1.91 bits per heavy atom. The van der Waals surface area contributed by atoms with Gasteiger partial charge in [0, 0.05) is 47.9 Å². The molecular weight excluding hydrogens is 419 g/mol. The van der Waals surface area contributed by atoms with Crippen molar-refractivity contribution in [2.75, 3.05) is 32.5 Å². The van der Waals surface area contributed by atoms with Crippen LogP contribution in [0, 0.1) is 17.8 Å². The van der Waals surface area contributed by atoms with Gasteiger partial charge in [0.2, 0.25) is 0 Å². The number of fused-ring (bicyclic) bond motifs is 1. The minimum absolute atomic E-state index is 0.126. The van der Waals surface area contributed by atoms with Crippen LogP contribution in [0.5, 0.6) is 0 Å². The van der Waals surface area contributed by atoms with Crippen LogP contribution in [0.15, 0.2) is 18.3 Å². The number of halogens is 3. The Kier molecular flexibility index (Phi) is 5.24. The van der Waals surface area contributed by atoms with Crippen LogP contribution in [0.3, 0.4) is 0 Å². The summed E-state index contributed by atoms with van der Waals surface area (Å²) in [5.41, 5.74) is 6.55. The van der Waals surface area contributed by atoms with Crippen molar-refractivity contribution in [3.05, 3.63) is 29.6 Å². The third-order valence-electron chi connectivity index (χ3n) is 7.41. The molecule has 1 aliphatic heterocycles. The number of pyridine rings is 1. The smallest absolute Gasteiger partial charge is 0.383 e. The van der Waals surface area contributed by atoms with Crippen molar-refractivity contribution < 1.29 is 17.9 Å². The van der Waals surface area contributed by atoms with E-state index in [4.69, 9.17) is 10.5 Å². The van der Waals surface area contributed by atoms with Gasteiger partial charge in [0.25, 0.3) is 0 Å². The van der Waals surface area contributed by atoms with Crippen molar-refractivity contribution in [1.82, 2.24) is 19.7 Å². The largest absolute Gasteiger partial charge is 0.419 e. The van der Waals surface area contributed by atoms with Gasteiger partial charge in [-0.05, 0) is 57.7 Å². The van der Waals surface area contributed by atoms with E-state index in [0.29, 0.717) is 41.0 Å². The first kappa shape index (κ1) is 21.7. The van der Waals surface area contributed by atoms with Gasteiger partial charge in [-0.25, -0.2) is 4.98 Å². The lowest BCUT2D eigenvalue weighted by Gasteiger charge is -2.34. The van der Waals surface area contributed by atoms with Gasteiger partial charge in [0.1, 0.15) is 5.82 Å². The number of nitrogens with two attached hydrogens (primary N) is 1. The van der Waals surface area contributed by atoms with Gasteiger partial charge in [-0.1, -0.05) is 0 Å². The van der Waals surface area contributed by atoms with E-state index in [9.17, 15) is 13.2 Å². The monoisotopic (exact) mass is 449 g/mol. The van der Waals surface area contributed by atoms with Crippen molar-refractivity contribution >= 4 is 5.82 Å². The number of alkyl halides is 3. The quantitative estimate of drug-likeness (QED) is 0.716. The summed E-state index contributed by atoms with van der Waals surface area (Å²) < 4.78 is 47.2. The number of hydrogen-bond donors (Lipinski definition) is 1. The number of aromatic nitrogens is 3. The van der Waals surface area contributed by atoms with E-state index in [1.165, 1.54) is 19.0 Å². The molecule has 2 aliphatic carbocycles. The van der Waals surface area contributed by atoms with E-state index in [2.05, 4.69) is 35.9 Å². The molecule has 9 heteroatoms. The van der Waals surface area contributed by atoms with Gasteiger partial charge >= 0.3 is 6.18 Å². The topological polar surface area (TPSA) is 69.2 Å². The summed E-state index contributed by atoms with van der Waals surface area (Å²) in [5.74, 6) is 1.83. The van der Waals surface area contributed by atoms with E-state index in [1.807, 2.05) is 10.7 Å². The number of anilines is 1. The lowest BCUT2D eigenvalue weighted by molar-refractivity contribution is -0.137. The van der Waals surface area contributed by atoms with Crippen LogP contribution in [0.1, 0.15) is 49.9 Å². The van der Waals surface area contributed by atoms with Gasteiger partial charge in [-0.3, -0.25) is 4.68 Å². The molecular formula is C23H30F3N5O. The Bertz CT molecular complexity index is 988. The Morgan fingerprint density at radius 1 is 1.22 bits per heavy atom. The van der Waals surface area contributed by atoms with Crippen LogP contribution in [0.4, 0.5) is 19.0 Å². The molecule has 0 amide bonds. The van der Waals surface area contributed by atoms with Crippen molar-refractivity contribution in [1.29, 1.82) is 0 Å². The molecule has 3 aliphatic rings. The summed E-state index contributed by atoms with van der Waals surface area (Å²) in [5, 5.41) is 4.68. The van der Waals surface area contributed by atoms with Crippen LogP contribution < -0.4 is 5.73 Å². The predicted octanol–water partition coefficient (Wildman–Crippen LogP) is 4.20. The summed E-state index contributed by atoms with van der Waals surface area (Å²) >= 11 is 0. The Morgan fingerprint density at radius 3 is 2.47 bits per heavy atom. The molecule has 32 heavy (non-hydrogen) atoms. The summed E-state index contributed by atoms with van der Waals surface area (Å²) in [6, 6.07) is 3.75. The van der Waals surface area contributed by atoms with Crippen LogP contribution in [0.2, 0.25) is 0 Å². The lowest BCUT2D eigenvalue weighted by atomic mass is 10.0. The number of rotatable bonds is 6. The van der Waals surface area contributed by atoms with E-state index in [0.717, 1.165) is 31.5 Å². The average Bonchev–Trinajstić information content (AvgIpc) is 3.06. The Balaban J connectivity index is 1.35. The minimum Gasteiger partial charge on any atom is -0.383 e. The van der Waals surface area contributed by atoms with Gasteiger partial charge in [-0.2, -0.15) is 18.3 Å². The Hall–Kier alpha value is -2.13. The van der Waals surface area contributed by atoms with Gasteiger partial charge < -0.3 is 15.4 Å². The summed E-state index contributed by atoms with van der Waals surface area (Å²) in [7, 11) is 2.21. The first-order chi connectivity index (χ1) is 15.1. The van der Waals surface area contributed by atoms with Gasteiger partial charge in [-0.15, -0.1) is 0 Å². The molecule has 2 aromatic heterocycles. The van der Waals surface area contributed by atoms with E-state index in [1.54, 1.807) is 0 Å². The third-order valence-corrected chi connectivity index (χ3v) is 7.41. The first-order valence-electron chi connectivity index (χ1n) is 11.3. The average molecular weight is 450 g/mol. The van der Waals surface area contributed by atoms with Crippen LogP contribution in [-0.4, -0.2) is 52.5 Å². The molecule has 0 bridgehead atoms. The second-order valence-corrected chi connectivity index (χ2v) is 9.97. The Labute approximate surface area is 185 Å². The fourth-order valence-electron chi connectivity index (χ4n) is 5.61. The maximum Gasteiger partial charge on any atom is 0.419 e. The molecule has 2 saturated carbocycles. The molecule has 2 aromatic rings. The number of hydrogen-bond acceptors (Lipinski definition) is 5. The summed E-state index contributed by atoms with van der Waals surface area (Å²) in [6.45, 7) is 6.95. The number of nitrogens with zero attached hydrogens (tertiary/aromatic N) is 4. The maximum absolute atomic E-state index is 13.3. The zero-order chi connectivity index (χ0) is 22.8. The second kappa shape index (κ2) is 7.73. The predicted molar refractivity (Wildman–Crippen MR) is 115 cm³/mol. The van der Waals surface area contributed by atoms with Crippen molar-refractivity contribution in [2.24, 2.45) is 17.8 Å². The van der Waals surface area contributed by atoms with Gasteiger partial charge in [0.05, 0.1) is 24.5 Å². The molecule has 0 aromatic carbocycles. The highest BCUT2D eigenvalue weighted by Gasteiger charge is 2.58. The molecule has 0 spiro atoms. The molecule has 1 saturated heterocycles. The van der Waals surface area contributed by atoms with Crippen molar-refractivity contribution in [3.63, 3.8) is 0 Å². The molecule has 174 valence electrons. The zero-order valence-electron chi connectivity index (χ0n) is 18.6. The maximum atomic E-state index is 13.3. The van der Waals surface area contributed by atoms with Crippen LogP contribution in [-0.2, 0) is 10.9 Å². The summed E-state index contributed by atoms with van der Waals surface area (Å²) in [6.07, 6.45) is -0.833. The highest BCUT2D eigenvalue weighted by Crippen LogP contribution is 2.64. The molecule has 0 unspecified atom stereocenters. The molecule has 5 rings (SSSR count). The third kappa shape index (κ3) is 3.79. The highest BCUT2D eigenvalue weighted by molar-refractivity contribution is 5.63.